The van der Waals surface area contributed by atoms with E-state index in [4.69, 9.17) is 4.74 Å². The fraction of sp³-hybridized carbons (Fsp3) is 0.467. The lowest BCUT2D eigenvalue weighted by Crippen LogP contribution is -2.49. The van der Waals surface area contributed by atoms with Crippen molar-refractivity contribution in [3.05, 3.63) is 65.7 Å². The molecule has 0 amide bonds. The van der Waals surface area contributed by atoms with E-state index in [1.54, 1.807) is 12.7 Å². The maximum Gasteiger partial charge on any atom is 0.139 e. The molecule has 0 heterocycles. The van der Waals surface area contributed by atoms with E-state index in [9.17, 15) is 5.11 Å². The van der Waals surface area contributed by atoms with E-state index in [-0.39, 0.29) is 5.41 Å². The van der Waals surface area contributed by atoms with Crippen molar-refractivity contribution in [3.63, 3.8) is 0 Å². The van der Waals surface area contributed by atoms with Crippen molar-refractivity contribution in [2.24, 2.45) is 17.3 Å². The number of aryl methyl sites for hydroxylation is 1. The Morgan fingerprint density at radius 2 is 1.76 bits per heavy atom. The van der Waals surface area contributed by atoms with Gasteiger partial charge in [-0.3, -0.25) is 0 Å². The third-order valence-electron chi connectivity index (χ3n) is 9.57. The molecular weight excluding hydrogens is 406 g/mol. The quantitative estimate of drug-likeness (QED) is 0.479. The van der Waals surface area contributed by atoms with Gasteiger partial charge in [-0.05, 0) is 108 Å². The maximum atomic E-state index is 10.9. The highest BCUT2D eigenvalue weighted by Gasteiger charge is 2.55. The first-order chi connectivity index (χ1) is 16.0. The first kappa shape index (κ1) is 20.9. The summed E-state index contributed by atoms with van der Waals surface area (Å²) in [5.74, 6) is 3.61. The normalized spacial score (nSPS) is 30.4. The number of fused-ring (bicyclic) bond motifs is 6. The van der Waals surface area contributed by atoms with Crippen LogP contribution in [0.2, 0.25) is 0 Å². The maximum absolute atomic E-state index is 10.9. The first-order valence-electron chi connectivity index (χ1n) is 12.6. The molecule has 3 aromatic rings. The van der Waals surface area contributed by atoms with Crippen LogP contribution >= 0.6 is 0 Å². The summed E-state index contributed by atoms with van der Waals surface area (Å²) in [5.41, 5.74) is 4.35. The van der Waals surface area contributed by atoms with E-state index in [1.807, 2.05) is 12.1 Å². The lowest BCUT2D eigenvalue weighted by Gasteiger charge is -2.52. The molecule has 2 saturated carbocycles. The van der Waals surface area contributed by atoms with E-state index in [2.05, 4.69) is 61.3 Å². The Balaban J connectivity index is 1.30. The van der Waals surface area contributed by atoms with E-state index >= 15 is 0 Å². The number of methoxy groups -OCH3 is 1. The molecule has 5 atom stereocenters. The number of ether oxygens (including phenoxy) is 1. The largest absolute Gasteiger partial charge is 0.506 e. The summed E-state index contributed by atoms with van der Waals surface area (Å²) in [4.78, 5) is 2.41. The van der Waals surface area contributed by atoms with Crippen LogP contribution in [0, 0.1) is 17.3 Å². The Morgan fingerprint density at radius 3 is 2.55 bits per heavy atom. The van der Waals surface area contributed by atoms with Gasteiger partial charge in [0.05, 0.1) is 12.8 Å². The van der Waals surface area contributed by atoms with E-state index in [1.165, 1.54) is 49.5 Å². The zero-order chi connectivity index (χ0) is 22.7. The average Bonchev–Trinajstić information content (AvgIpc) is 3.19. The predicted molar refractivity (Wildman–Crippen MR) is 135 cm³/mol. The summed E-state index contributed by atoms with van der Waals surface area (Å²) in [6.07, 6.45) is 7.50. The molecular formula is C30H35NO2. The van der Waals surface area contributed by atoms with Gasteiger partial charge in [-0.2, -0.15) is 0 Å². The molecule has 33 heavy (non-hydrogen) atoms. The zero-order valence-electron chi connectivity index (χ0n) is 20.1. The summed E-state index contributed by atoms with van der Waals surface area (Å²) < 4.78 is 5.49. The van der Waals surface area contributed by atoms with E-state index in [0.29, 0.717) is 17.7 Å². The minimum atomic E-state index is 0.290. The van der Waals surface area contributed by atoms with Crippen molar-refractivity contribution < 1.29 is 9.84 Å². The van der Waals surface area contributed by atoms with Gasteiger partial charge in [0.15, 0.2) is 0 Å². The number of benzene rings is 3. The highest BCUT2D eigenvalue weighted by molar-refractivity contribution is 5.88. The van der Waals surface area contributed by atoms with Gasteiger partial charge >= 0.3 is 0 Å². The molecule has 0 saturated heterocycles. The van der Waals surface area contributed by atoms with Crippen molar-refractivity contribution in [2.75, 3.05) is 19.1 Å². The fourth-order valence-electron chi connectivity index (χ4n) is 7.96. The molecule has 0 aliphatic heterocycles. The monoisotopic (exact) mass is 441 g/mol. The Morgan fingerprint density at radius 1 is 0.970 bits per heavy atom. The van der Waals surface area contributed by atoms with Crippen LogP contribution in [0.1, 0.15) is 56.1 Å². The molecule has 172 valence electrons. The topological polar surface area (TPSA) is 32.7 Å². The van der Waals surface area contributed by atoms with Gasteiger partial charge in [-0.25, -0.2) is 0 Å². The molecule has 0 aromatic heterocycles. The second-order valence-corrected chi connectivity index (χ2v) is 10.9. The van der Waals surface area contributed by atoms with Crippen molar-refractivity contribution in [1.29, 1.82) is 0 Å². The minimum Gasteiger partial charge on any atom is -0.506 e. The summed E-state index contributed by atoms with van der Waals surface area (Å²) in [7, 11) is 3.97. The number of phenolic OH excluding ortho intramolecular Hbond substituents is 1. The van der Waals surface area contributed by atoms with Gasteiger partial charge in [0.25, 0.3) is 0 Å². The molecule has 0 bridgehead atoms. The van der Waals surface area contributed by atoms with Crippen LogP contribution < -0.4 is 9.64 Å². The number of phenols is 1. The highest BCUT2D eigenvalue weighted by Crippen LogP contribution is 2.62. The van der Waals surface area contributed by atoms with Gasteiger partial charge < -0.3 is 14.7 Å². The Kier molecular flexibility index (Phi) is 4.87. The average molecular weight is 442 g/mol. The van der Waals surface area contributed by atoms with Crippen molar-refractivity contribution in [1.82, 2.24) is 0 Å². The van der Waals surface area contributed by atoms with Crippen molar-refractivity contribution >= 4 is 16.5 Å². The number of anilines is 1. The van der Waals surface area contributed by atoms with Crippen LogP contribution in [0.15, 0.2) is 54.6 Å². The molecule has 1 N–H and O–H groups in total. The van der Waals surface area contributed by atoms with Gasteiger partial charge in [-0.15, -0.1) is 0 Å². The summed E-state index contributed by atoms with van der Waals surface area (Å²) in [5, 5.41) is 13.2. The summed E-state index contributed by atoms with van der Waals surface area (Å²) in [6, 6.07) is 19.7. The predicted octanol–water partition coefficient (Wildman–Crippen LogP) is 6.92. The third kappa shape index (κ3) is 3.15. The van der Waals surface area contributed by atoms with Crippen LogP contribution in [0.5, 0.6) is 11.5 Å². The highest BCUT2D eigenvalue weighted by atomic mass is 16.5. The molecule has 0 unspecified atom stereocenters. The number of hydrogen-bond acceptors (Lipinski definition) is 3. The molecule has 3 heteroatoms. The van der Waals surface area contributed by atoms with Crippen LogP contribution in [0.3, 0.4) is 0 Å². The molecule has 0 spiro atoms. The lowest BCUT2D eigenvalue weighted by atomic mass is 9.55. The van der Waals surface area contributed by atoms with E-state index in [0.717, 1.165) is 28.7 Å². The Labute approximate surface area is 197 Å². The van der Waals surface area contributed by atoms with Crippen molar-refractivity contribution in [3.8, 4) is 11.5 Å². The molecule has 3 aromatic carbocycles. The van der Waals surface area contributed by atoms with Crippen molar-refractivity contribution in [2.45, 2.75) is 57.4 Å². The summed E-state index contributed by atoms with van der Waals surface area (Å²) in [6.45, 7) is 2.55. The first-order valence-corrected chi connectivity index (χ1v) is 12.6. The van der Waals surface area contributed by atoms with Crippen LogP contribution in [0.4, 0.5) is 5.69 Å². The SMILES string of the molecule is COc1ccc2c(c1)CC[C@@H]1[C@@H]2CC[C@]2(C)[C@@H](N(C)c3cc4ccccc4cc3O)CC[C@@H]12. The van der Waals surface area contributed by atoms with Crippen LogP contribution in [-0.2, 0) is 6.42 Å². The molecule has 6 rings (SSSR count). The Bertz CT molecular complexity index is 1200. The van der Waals surface area contributed by atoms with E-state index < -0.39 is 0 Å². The third-order valence-corrected chi connectivity index (χ3v) is 9.57. The second-order valence-electron chi connectivity index (χ2n) is 10.9. The number of rotatable bonds is 3. The molecule has 0 radical (unpaired) electrons. The Hall–Kier alpha value is -2.68. The molecule has 2 fully saturated rings. The smallest absolute Gasteiger partial charge is 0.139 e. The van der Waals surface area contributed by atoms with Gasteiger partial charge in [0, 0.05) is 13.1 Å². The number of nitrogens with zero attached hydrogens (tertiary/aromatic N) is 1. The lowest BCUT2D eigenvalue weighted by molar-refractivity contribution is 0.0485. The molecule has 3 nitrogen and oxygen atoms in total. The number of hydrogen-bond donors (Lipinski definition) is 1. The second kappa shape index (κ2) is 7.68. The van der Waals surface area contributed by atoms with Crippen LogP contribution in [0.25, 0.3) is 10.8 Å². The molecule has 3 aliphatic rings. The standard InChI is InChI=1S/C30H35NO2/c1-30-15-14-24-23-11-9-22(33-3)16-21(23)8-10-25(24)26(30)12-13-29(30)31(2)27-17-19-6-4-5-7-20(19)18-28(27)32/h4-7,9,11,16-18,24-26,29,32H,8,10,12-15H2,1-3H3/t24-,25-,26+,29+,30+/m1/s1. The van der Waals surface area contributed by atoms with Crippen LogP contribution in [-0.4, -0.2) is 25.3 Å². The van der Waals surface area contributed by atoms with Gasteiger partial charge in [-0.1, -0.05) is 37.3 Å². The summed E-state index contributed by atoms with van der Waals surface area (Å²) >= 11 is 0. The minimum absolute atomic E-state index is 0.290. The molecule has 3 aliphatic carbocycles. The zero-order valence-corrected chi connectivity index (χ0v) is 20.1. The fourth-order valence-corrected chi connectivity index (χ4v) is 7.96. The number of aromatic hydroxyl groups is 1. The van der Waals surface area contributed by atoms with Gasteiger partial charge in [0.1, 0.15) is 11.5 Å². The van der Waals surface area contributed by atoms with Gasteiger partial charge in [0.2, 0.25) is 0 Å².